The summed E-state index contributed by atoms with van der Waals surface area (Å²) in [4.78, 5) is 8.91. The molecule has 1 N–H and O–H groups in total. The largest absolute Gasteiger partial charge is 0.311 e. The summed E-state index contributed by atoms with van der Waals surface area (Å²) in [6, 6.07) is 1.99. The number of rotatable bonds is 5. The Morgan fingerprint density at radius 2 is 2.00 bits per heavy atom. The van der Waals surface area contributed by atoms with Gasteiger partial charge in [-0.15, -0.1) is 0 Å². The minimum Gasteiger partial charge on any atom is -0.311 e. The summed E-state index contributed by atoms with van der Waals surface area (Å²) in [5.74, 6) is 1.62. The lowest BCUT2D eigenvalue weighted by Crippen LogP contribution is -2.20. The van der Waals surface area contributed by atoms with Crippen molar-refractivity contribution in [1.29, 1.82) is 0 Å². The molecule has 1 aromatic rings. The fourth-order valence-corrected chi connectivity index (χ4v) is 1.59. The molecule has 1 aromatic heterocycles. The zero-order valence-electron chi connectivity index (χ0n) is 11.7. The zero-order chi connectivity index (χ0) is 12.9. The van der Waals surface area contributed by atoms with Crippen molar-refractivity contribution >= 4 is 0 Å². The number of aromatic nitrogens is 2. The van der Waals surface area contributed by atoms with Crippen LogP contribution in [0.15, 0.2) is 12.3 Å². The smallest absolute Gasteiger partial charge is 0.129 e. The van der Waals surface area contributed by atoms with Crippen LogP contribution in [0, 0.1) is 11.3 Å². The summed E-state index contributed by atoms with van der Waals surface area (Å²) in [7, 11) is 0. The van der Waals surface area contributed by atoms with Crippen LogP contribution < -0.4 is 5.32 Å². The highest BCUT2D eigenvalue weighted by Crippen LogP contribution is 2.17. The van der Waals surface area contributed by atoms with Crippen LogP contribution in [0.4, 0.5) is 0 Å². The molecule has 0 bridgehead atoms. The molecule has 3 nitrogen and oxygen atoms in total. The molecule has 0 atom stereocenters. The van der Waals surface area contributed by atoms with Crippen molar-refractivity contribution in [2.45, 2.75) is 47.6 Å². The number of hydrogen-bond donors (Lipinski definition) is 1. The maximum Gasteiger partial charge on any atom is 0.129 e. The van der Waals surface area contributed by atoms with E-state index < -0.39 is 0 Å². The molecule has 0 aliphatic carbocycles. The Labute approximate surface area is 105 Å². The van der Waals surface area contributed by atoms with E-state index in [-0.39, 0.29) is 5.41 Å². The molecular weight excluding hydrogens is 210 g/mol. The van der Waals surface area contributed by atoms with Gasteiger partial charge in [0, 0.05) is 19.2 Å². The molecular formula is C14H25N3. The van der Waals surface area contributed by atoms with Crippen LogP contribution in [0.25, 0.3) is 0 Å². The van der Waals surface area contributed by atoms with Crippen molar-refractivity contribution in [1.82, 2.24) is 15.3 Å². The maximum atomic E-state index is 4.58. The zero-order valence-corrected chi connectivity index (χ0v) is 11.7. The Balaban J connectivity index is 2.54. The van der Waals surface area contributed by atoms with Gasteiger partial charge in [0.05, 0.1) is 5.69 Å². The average molecular weight is 235 g/mol. The second kappa shape index (κ2) is 6.10. The van der Waals surface area contributed by atoms with E-state index >= 15 is 0 Å². The van der Waals surface area contributed by atoms with Gasteiger partial charge in [0.2, 0.25) is 0 Å². The van der Waals surface area contributed by atoms with Gasteiger partial charge in [-0.05, 0) is 23.9 Å². The van der Waals surface area contributed by atoms with Crippen LogP contribution in [0.1, 0.15) is 46.1 Å². The lowest BCUT2D eigenvalue weighted by Gasteiger charge is -2.17. The topological polar surface area (TPSA) is 37.8 Å². The van der Waals surface area contributed by atoms with Gasteiger partial charge >= 0.3 is 0 Å². The minimum absolute atomic E-state index is 0.240. The number of hydrogen-bond acceptors (Lipinski definition) is 3. The highest BCUT2D eigenvalue weighted by molar-refractivity contribution is 5.03. The molecule has 0 spiro atoms. The maximum absolute atomic E-state index is 4.58. The molecule has 0 aromatic carbocycles. The standard InChI is InChI=1S/C14H25N3/c1-11(2)9-15-10-12-6-7-16-13(17-12)8-14(3,4)5/h6-7,11,15H,8-10H2,1-5H3. The van der Waals surface area contributed by atoms with Crippen molar-refractivity contribution in [3.8, 4) is 0 Å². The second-order valence-corrected chi connectivity index (χ2v) is 6.23. The van der Waals surface area contributed by atoms with Gasteiger partial charge in [-0.2, -0.15) is 0 Å². The van der Waals surface area contributed by atoms with E-state index in [1.165, 1.54) is 0 Å². The van der Waals surface area contributed by atoms with Crippen molar-refractivity contribution in [3.63, 3.8) is 0 Å². The molecule has 0 radical (unpaired) electrons. The normalized spacial score (nSPS) is 12.1. The van der Waals surface area contributed by atoms with E-state index in [9.17, 15) is 0 Å². The molecule has 0 saturated heterocycles. The second-order valence-electron chi connectivity index (χ2n) is 6.23. The fourth-order valence-electron chi connectivity index (χ4n) is 1.59. The third-order valence-corrected chi connectivity index (χ3v) is 2.31. The average Bonchev–Trinajstić information content (AvgIpc) is 2.14. The van der Waals surface area contributed by atoms with Crippen LogP contribution in [-0.2, 0) is 13.0 Å². The van der Waals surface area contributed by atoms with Crippen LogP contribution in [-0.4, -0.2) is 16.5 Å². The van der Waals surface area contributed by atoms with Crippen molar-refractivity contribution in [2.24, 2.45) is 11.3 Å². The summed E-state index contributed by atoms with van der Waals surface area (Å²) in [6.07, 6.45) is 2.78. The van der Waals surface area contributed by atoms with E-state index in [1.54, 1.807) is 0 Å². The van der Waals surface area contributed by atoms with Crippen LogP contribution in [0.5, 0.6) is 0 Å². The first-order valence-corrected chi connectivity index (χ1v) is 6.38. The van der Waals surface area contributed by atoms with Crippen LogP contribution in [0.3, 0.4) is 0 Å². The third-order valence-electron chi connectivity index (χ3n) is 2.31. The summed E-state index contributed by atoms with van der Waals surface area (Å²) < 4.78 is 0. The first kappa shape index (κ1) is 14.1. The molecule has 0 saturated carbocycles. The van der Waals surface area contributed by atoms with Crippen molar-refractivity contribution < 1.29 is 0 Å². The number of nitrogens with one attached hydrogen (secondary N) is 1. The molecule has 0 fully saturated rings. The molecule has 17 heavy (non-hydrogen) atoms. The van der Waals surface area contributed by atoms with Crippen LogP contribution in [0.2, 0.25) is 0 Å². The molecule has 1 heterocycles. The van der Waals surface area contributed by atoms with E-state index in [2.05, 4.69) is 49.9 Å². The number of nitrogens with zero attached hydrogens (tertiary/aromatic N) is 2. The molecule has 0 aliphatic heterocycles. The molecule has 3 heteroatoms. The lowest BCUT2D eigenvalue weighted by atomic mass is 9.92. The molecule has 0 amide bonds. The Morgan fingerprint density at radius 1 is 1.29 bits per heavy atom. The fraction of sp³-hybridized carbons (Fsp3) is 0.714. The quantitative estimate of drug-likeness (QED) is 0.853. The summed E-state index contributed by atoms with van der Waals surface area (Å²) >= 11 is 0. The van der Waals surface area contributed by atoms with Gasteiger partial charge in [-0.1, -0.05) is 34.6 Å². The SMILES string of the molecule is CC(C)CNCc1ccnc(CC(C)(C)C)n1. The molecule has 96 valence electrons. The van der Waals surface area contributed by atoms with Gasteiger partial charge < -0.3 is 5.32 Å². The Bertz CT molecular complexity index is 340. The first-order chi connectivity index (χ1) is 7.87. The molecule has 0 aliphatic rings. The van der Waals surface area contributed by atoms with Crippen LogP contribution >= 0.6 is 0 Å². The monoisotopic (exact) mass is 235 g/mol. The molecule has 0 unspecified atom stereocenters. The highest BCUT2D eigenvalue weighted by Gasteiger charge is 2.13. The highest BCUT2D eigenvalue weighted by atomic mass is 14.9. The van der Waals surface area contributed by atoms with Gasteiger partial charge in [-0.3, -0.25) is 0 Å². The first-order valence-electron chi connectivity index (χ1n) is 6.38. The third kappa shape index (κ3) is 6.37. The summed E-state index contributed by atoms with van der Waals surface area (Å²) in [5, 5.41) is 3.40. The van der Waals surface area contributed by atoms with E-state index in [0.29, 0.717) is 5.92 Å². The van der Waals surface area contributed by atoms with Gasteiger partial charge in [0.15, 0.2) is 0 Å². The Morgan fingerprint density at radius 3 is 2.59 bits per heavy atom. The van der Waals surface area contributed by atoms with E-state index in [0.717, 1.165) is 31.0 Å². The summed E-state index contributed by atoms with van der Waals surface area (Å²) in [5.41, 5.74) is 1.32. The Hall–Kier alpha value is -0.960. The minimum atomic E-state index is 0.240. The predicted molar refractivity (Wildman–Crippen MR) is 71.7 cm³/mol. The van der Waals surface area contributed by atoms with Gasteiger partial charge in [0.1, 0.15) is 5.82 Å². The summed E-state index contributed by atoms with van der Waals surface area (Å²) in [6.45, 7) is 12.9. The van der Waals surface area contributed by atoms with E-state index in [1.807, 2.05) is 12.3 Å². The molecule has 1 rings (SSSR count). The van der Waals surface area contributed by atoms with Crippen molar-refractivity contribution in [3.05, 3.63) is 23.8 Å². The van der Waals surface area contributed by atoms with Gasteiger partial charge in [-0.25, -0.2) is 9.97 Å². The van der Waals surface area contributed by atoms with E-state index in [4.69, 9.17) is 0 Å². The Kier molecular flexibility index (Phi) is 5.06. The predicted octanol–water partition coefficient (Wildman–Crippen LogP) is 2.81. The van der Waals surface area contributed by atoms with Gasteiger partial charge in [0.25, 0.3) is 0 Å². The lowest BCUT2D eigenvalue weighted by molar-refractivity contribution is 0.399. The van der Waals surface area contributed by atoms with Crippen molar-refractivity contribution in [2.75, 3.05) is 6.54 Å².